The summed E-state index contributed by atoms with van der Waals surface area (Å²) in [4.78, 5) is 16.4. The molecule has 0 saturated carbocycles. The van der Waals surface area contributed by atoms with Gasteiger partial charge in [0.15, 0.2) is 5.69 Å². The minimum absolute atomic E-state index is 0.0491. The molecule has 8 nitrogen and oxygen atoms in total. The largest absolute Gasteiger partial charge is 0.491 e. The Morgan fingerprint density at radius 3 is 2.93 bits per heavy atom. The lowest BCUT2D eigenvalue weighted by molar-refractivity contribution is 0.0989. The number of primary amides is 1. The number of aryl methyl sites for hydroxylation is 1. The second-order valence-electron chi connectivity index (χ2n) is 6.08. The molecule has 4 rings (SSSR count). The number of amides is 1. The summed E-state index contributed by atoms with van der Waals surface area (Å²) >= 11 is 3.16. The number of ether oxygens (including phenoxy) is 1. The van der Waals surface area contributed by atoms with Gasteiger partial charge in [-0.2, -0.15) is 5.10 Å². The third-order valence-corrected chi connectivity index (χ3v) is 5.08. The fourth-order valence-electron chi connectivity index (χ4n) is 3.22. The predicted octanol–water partition coefficient (Wildman–Crippen LogP) is 1.76. The van der Waals surface area contributed by atoms with E-state index in [-0.39, 0.29) is 22.5 Å². The molecule has 1 atom stereocenters. The monoisotopic (exact) mass is 435 g/mol. The normalized spacial score (nSPS) is 14.1. The molecule has 0 bridgehead atoms. The molecular formula is C17H15BrFN5O3. The van der Waals surface area contributed by atoms with Crippen molar-refractivity contribution in [3.05, 3.63) is 51.8 Å². The lowest BCUT2D eigenvalue weighted by atomic mass is 10.1. The van der Waals surface area contributed by atoms with Crippen LogP contribution in [0.2, 0.25) is 0 Å². The van der Waals surface area contributed by atoms with Gasteiger partial charge in [-0.15, -0.1) is 0 Å². The van der Waals surface area contributed by atoms with E-state index in [1.165, 1.54) is 16.8 Å². The van der Waals surface area contributed by atoms with Crippen molar-refractivity contribution in [3.8, 4) is 17.1 Å². The molecule has 1 aliphatic rings. The van der Waals surface area contributed by atoms with E-state index in [2.05, 4.69) is 26.0 Å². The number of hydrogen-bond donors (Lipinski definition) is 2. The van der Waals surface area contributed by atoms with Crippen LogP contribution in [0.5, 0.6) is 5.75 Å². The molecule has 1 aromatic carbocycles. The number of rotatable bonds is 3. The first-order valence-corrected chi connectivity index (χ1v) is 8.86. The quantitative estimate of drug-likeness (QED) is 0.651. The number of nitrogens with two attached hydrogens (primary N) is 1. The fourth-order valence-corrected chi connectivity index (χ4v) is 3.56. The third-order valence-electron chi connectivity index (χ3n) is 4.47. The van der Waals surface area contributed by atoms with E-state index in [9.17, 15) is 14.3 Å². The summed E-state index contributed by atoms with van der Waals surface area (Å²) in [7, 11) is 1.68. The van der Waals surface area contributed by atoms with E-state index in [0.717, 1.165) is 0 Å². The highest BCUT2D eigenvalue weighted by Crippen LogP contribution is 2.38. The zero-order valence-corrected chi connectivity index (χ0v) is 15.8. The van der Waals surface area contributed by atoms with Crippen molar-refractivity contribution in [1.82, 2.24) is 19.3 Å². The molecule has 10 heteroatoms. The number of aliphatic hydroxyl groups is 1. The van der Waals surface area contributed by atoms with E-state index in [4.69, 9.17) is 10.5 Å². The van der Waals surface area contributed by atoms with Gasteiger partial charge in [0.2, 0.25) is 0 Å². The Balaban J connectivity index is 1.97. The number of benzene rings is 1. The summed E-state index contributed by atoms with van der Waals surface area (Å²) < 4.78 is 23.0. The lowest BCUT2D eigenvalue weighted by Crippen LogP contribution is -2.20. The molecule has 0 fully saturated rings. The Morgan fingerprint density at radius 1 is 1.48 bits per heavy atom. The number of nitrogens with zero attached hydrogens (tertiary/aromatic N) is 4. The smallest absolute Gasteiger partial charge is 0.269 e. The Hall–Kier alpha value is -2.72. The average molecular weight is 436 g/mol. The second-order valence-corrected chi connectivity index (χ2v) is 6.93. The number of aliphatic hydroxyl groups excluding tert-OH is 1. The number of carbonyl (C=O) groups is 1. The molecule has 3 N–H and O–H groups in total. The zero-order chi connectivity index (χ0) is 19.3. The first kappa shape index (κ1) is 17.7. The molecule has 1 aliphatic heterocycles. The van der Waals surface area contributed by atoms with Gasteiger partial charge in [-0.05, 0) is 28.1 Å². The van der Waals surface area contributed by atoms with Crippen LogP contribution in [0.4, 0.5) is 4.39 Å². The van der Waals surface area contributed by atoms with Crippen LogP contribution < -0.4 is 10.5 Å². The molecule has 1 unspecified atom stereocenters. The Bertz CT molecular complexity index is 1060. The topological polar surface area (TPSA) is 108 Å². The van der Waals surface area contributed by atoms with Crippen molar-refractivity contribution in [3.63, 3.8) is 0 Å². The first-order valence-electron chi connectivity index (χ1n) is 8.07. The molecule has 1 amide bonds. The van der Waals surface area contributed by atoms with Gasteiger partial charge in [-0.25, -0.2) is 9.37 Å². The molecule has 3 heterocycles. The molecule has 0 radical (unpaired) electrons. The van der Waals surface area contributed by atoms with Crippen molar-refractivity contribution < 1.29 is 19.0 Å². The number of hydrogen-bond acceptors (Lipinski definition) is 5. The molecule has 0 aliphatic carbocycles. The van der Waals surface area contributed by atoms with E-state index in [0.29, 0.717) is 29.4 Å². The minimum Gasteiger partial charge on any atom is -0.491 e. The van der Waals surface area contributed by atoms with Crippen molar-refractivity contribution in [2.24, 2.45) is 12.8 Å². The maximum atomic E-state index is 13.9. The van der Waals surface area contributed by atoms with E-state index in [1.54, 1.807) is 23.9 Å². The van der Waals surface area contributed by atoms with Gasteiger partial charge in [0.1, 0.15) is 30.1 Å². The van der Waals surface area contributed by atoms with Gasteiger partial charge in [0.25, 0.3) is 5.91 Å². The summed E-state index contributed by atoms with van der Waals surface area (Å²) in [6.45, 7) is 0.508. The molecule has 27 heavy (non-hydrogen) atoms. The van der Waals surface area contributed by atoms with Gasteiger partial charge >= 0.3 is 0 Å². The molecule has 2 aromatic heterocycles. The standard InChI is InChI=1S/C17H15BrFN5O3/c1-23-11(2-3-21-23)15(25)14-13(16(20)26)22-17-8-6-9(18)10(19)7-12(8)27-5-4-24(14)17/h2-3,6-7,15,25H,4-5H2,1H3,(H2,20,26). The maximum absolute atomic E-state index is 13.9. The summed E-state index contributed by atoms with van der Waals surface area (Å²) in [6.07, 6.45) is 0.368. The predicted molar refractivity (Wildman–Crippen MR) is 96.6 cm³/mol. The Kier molecular flexibility index (Phi) is 4.23. The SMILES string of the molecule is Cn1nccc1C(O)c1c(C(N)=O)nc2n1CCOc1cc(F)c(Br)cc1-2. The van der Waals surface area contributed by atoms with Crippen LogP contribution in [0, 0.1) is 5.82 Å². The van der Waals surface area contributed by atoms with Crippen LogP contribution in [-0.4, -0.2) is 37.0 Å². The van der Waals surface area contributed by atoms with E-state index >= 15 is 0 Å². The summed E-state index contributed by atoms with van der Waals surface area (Å²) in [6, 6.07) is 4.42. The van der Waals surface area contributed by atoms with Crippen molar-refractivity contribution in [2.45, 2.75) is 12.6 Å². The fraction of sp³-hybridized carbons (Fsp3) is 0.235. The van der Waals surface area contributed by atoms with Crippen LogP contribution in [0.1, 0.15) is 28.0 Å². The summed E-state index contributed by atoms with van der Waals surface area (Å²) in [5.41, 5.74) is 6.69. The van der Waals surface area contributed by atoms with Gasteiger partial charge in [0, 0.05) is 19.3 Å². The number of carbonyl (C=O) groups excluding carboxylic acids is 1. The Morgan fingerprint density at radius 2 is 2.26 bits per heavy atom. The molecule has 0 spiro atoms. The summed E-state index contributed by atoms with van der Waals surface area (Å²) in [5.74, 6) is -0.570. The maximum Gasteiger partial charge on any atom is 0.269 e. The second kappa shape index (κ2) is 6.46. The van der Waals surface area contributed by atoms with Gasteiger partial charge in [-0.1, -0.05) is 0 Å². The highest BCUT2D eigenvalue weighted by Gasteiger charge is 2.31. The van der Waals surface area contributed by atoms with Gasteiger partial charge in [-0.3, -0.25) is 9.48 Å². The molecule has 0 saturated heterocycles. The van der Waals surface area contributed by atoms with Gasteiger partial charge < -0.3 is 20.1 Å². The molecule has 140 valence electrons. The van der Waals surface area contributed by atoms with Crippen molar-refractivity contribution >= 4 is 21.8 Å². The van der Waals surface area contributed by atoms with Crippen molar-refractivity contribution in [2.75, 3.05) is 6.61 Å². The minimum atomic E-state index is -1.17. The third kappa shape index (κ3) is 2.81. The van der Waals surface area contributed by atoms with Crippen LogP contribution in [0.15, 0.2) is 28.9 Å². The average Bonchev–Trinajstić information content (AvgIpc) is 3.17. The van der Waals surface area contributed by atoms with Crippen LogP contribution in [-0.2, 0) is 13.6 Å². The number of fused-ring (bicyclic) bond motifs is 3. The Labute approximate surface area is 161 Å². The lowest BCUT2D eigenvalue weighted by Gasteiger charge is -2.15. The molecule has 3 aromatic rings. The van der Waals surface area contributed by atoms with Crippen LogP contribution in [0.25, 0.3) is 11.4 Å². The van der Waals surface area contributed by atoms with E-state index in [1.807, 2.05) is 0 Å². The highest BCUT2D eigenvalue weighted by molar-refractivity contribution is 9.10. The zero-order valence-electron chi connectivity index (χ0n) is 14.2. The van der Waals surface area contributed by atoms with E-state index < -0.39 is 17.8 Å². The summed E-state index contributed by atoms with van der Waals surface area (Å²) in [5, 5.41) is 15.0. The molecular weight excluding hydrogens is 421 g/mol. The number of aromatic nitrogens is 4. The van der Waals surface area contributed by atoms with Crippen molar-refractivity contribution in [1.29, 1.82) is 0 Å². The van der Waals surface area contributed by atoms with Gasteiger partial charge in [0.05, 0.1) is 28.0 Å². The van der Waals surface area contributed by atoms with Crippen LogP contribution in [0.3, 0.4) is 0 Å². The highest BCUT2D eigenvalue weighted by atomic mass is 79.9. The first-order chi connectivity index (χ1) is 12.9. The van der Waals surface area contributed by atoms with Crippen LogP contribution >= 0.6 is 15.9 Å². The number of halogens is 2. The number of imidazole rings is 1.